The molecule has 0 saturated carbocycles. The van der Waals surface area contributed by atoms with Crippen LogP contribution in [0.4, 0.5) is 4.39 Å². The van der Waals surface area contributed by atoms with Gasteiger partial charge in [-0.15, -0.1) is 12.4 Å². The summed E-state index contributed by atoms with van der Waals surface area (Å²) in [5.41, 5.74) is 7.60. The SMILES string of the molecule is Cl.NCC1CN(Cc2ccnn2-c2ccc(F)cc2)CCO1. The van der Waals surface area contributed by atoms with Crippen molar-refractivity contribution in [2.24, 2.45) is 5.73 Å². The van der Waals surface area contributed by atoms with E-state index in [2.05, 4.69) is 10.00 Å². The average Bonchev–Trinajstić information content (AvgIpc) is 2.96. The van der Waals surface area contributed by atoms with Crippen LogP contribution < -0.4 is 5.73 Å². The molecule has 1 aromatic heterocycles. The Hall–Kier alpha value is -1.47. The maximum Gasteiger partial charge on any atom is 0.123 e. The second-order valence-electron chi connectivity index (χ2n) is 5.17. The first kappa shape index (κ1) is 16.9. The molecule has 1 saturated heterocycles. The molecule has 2 N–H and O–H groups in total. The number of nitrogens with zero attached hydrogens (tertiary/aromatic N) is 3. The summed E-state index contributed by atoms with van der Waals surface area (Å²) in [5.74, 6) is -0.244. The first-order valence-electron chi connectivity index (χ1n) is 7.09. The Labute approximate surface area is 135 Å². The summed E-state index contributed by atoms with van der Waals surface area (Å²) in [4.78, 5) is 2.30. The van der Waals surface area contributed by atoms with Gasteiger partial charge >= 0.3 is 0 Å². The van der Waals surface area contributed by atoms with Gasteiger partial charge in [0.25, 0.3) is 0 Å². The van der Waals surface area contributed by atoms with Crippen molar-refractivity contribution in [3.05, 3.63) is 48.0 Å². The molecule has 0 radical (unpaired) electrons. The molecule has 1 atom stereocenters. The summed E-state index contributed by atoms with van der Waals surface area (Å²) in [6, 6.07) is 8.33. The van der Waals surface area contributed by atoms with Gasteiger partial charge in [0, 0.05) is 32.4 Å². The van der Waals surface area contributed by atoms with Crippen molar-refractivity contribution in [3.63, 3.8) is 0 Å². The van der Waals surface area contributed by atoms with Crippen molar-refractivity contribution in [1.82, 2.24) is 14.7 Å². The van der Waals surface area contributed by atoms with Crippen LogP contribution in [0.3, 0.4) is 0 Å². The highest BCUT2D eigenvalue weighted by Gasteiger charge is 2.20. The fourth-order valence-corrected chi connectivity index (χ4v) is 2.56. The quantitative estimate of drug-likeness (QED) is 0.927. The lowest BCUT2D eigenvalue weighted by atomic mass is 10.2. The number of hydrogen-bond donors (Lipinski definition) is 1. The number of rotatable bonds is 4. The van der Waals surface area contributed by atoms with Gasteiger partial charge in [0.1, 0.15) is 5.82 Å². The van der Waals surface area contributed by atoms with Crippen molar-refractivity contribution in [1.29, 1.82) is 0 Å². The zero-order chi connectivity index (χ0) is 14.7. The standard InChI is InChI=1S/C15H19FN4O.ClH/c16-12-1-3-13(4-2-12)20-14(5-6-18-20)10-19-7-8-21-15(9-17)11-19;/h1-6,15H,7-11,17H2;1H. The van der Waals surface area contributed by atoms with E-state index in [0.29, 0.717) is 13.2 Å². The van der Waals surface area contributed by atoms with Gasteiger partial charge in [-0.1, -0.05) is 0 Å². The smallest absolute Gasteiger partial charge is 0.123 e. The zero-order valence-electron chi connectivity index (χ0n) is 12.2. The molecule has 120 valence electrons. The van der Waals surface area contributed by atoms with Gasteiger partial charge in [0.05, 0.1) is 24.1 Å². The van der Waals surface area contributed by atoms with Crippen LogP contribution in [0.1, 0.15) is 5.69 Å². The van der Waals surface area contributed by atoms with Gasteiger partial charge in [0.15, 0.2) is 0 Å². The molecule has 1 aliphatic heterocycles. The van der Waals surface area contributed by atoms with Crippen molar-refractivity contribution >= 4 is 12.4 Å². The summed E-state index contributed by atoms with van der Waals surface area (Å²) >= 11 is 0. The molecular formula is C15H20ClFN4O. The first-order chi connectivity index (χ1) is 10.3. The third-order valence-electron chi connectivity index (χ3n) is 3.66. The predicted molar refractivity (Wildman–Crippen MR) is 84.8 cm³/mol. The lowest BCUT2D eigenvalue weighted by molar-refractivity contribution is -0.0266. The van der Waals surface area contributed by atoms with E-state index in [4.69, 9.17) is 10.5 Å². The van der Waals surface area contributed by atoms with E-state index in [9.17, 15) is 4.39 Å². The summed E-state index contributed by atoms with van der Waals surface area (Å²) in [5, 5.41) is 4.33. The number of benzene rings is 1. The van der Waals surface area contributed by atoms with Crippen LogP contribution in [-0.4, -0.2) is 47.0 Å². The molecule has 0 aliphatic carbocycles. The van der Waals surface area contributed by atoms with E-state index >= 15 is 0 Å². The Balaban J connectivity index is 0.00000176. The minimum absolute atomic E-state index is 0. The Morgan fingerprint density at radius 1 is 1.27 bits per heavy atom. The van der Waals surface area contributed by atoms with Crippen LogP contribution in [0.5, 0.6) is 0 Å². The number of hydrogen-bond acceptors (Lipinski definition) is 4. The molecule has 2 aromatic rings. The van der Waals surface area contributed by atoms with Gasteiger partial charge < -0.3 is 10.5 Å². The van der Waals surface area contributed by atoms with Gasteiger partial charge in [-0.2, -0.15) is 5.10 Å². The normalized spacial score (nSPS) is 18.9. The number of ether oxygens (including phenoxy) is 1. The van der Waals surface area contributed by atoms with Crippen molar-refractivity contribution < 1.29 is 9.13 Å². The summed E-state index contributed by atoms with van der Waals surface area (Å²) < 4.78 is 20.4. The molecule has 0 spiro atoms. The van der Waals surface area contributed by atoms with E-state index in [0.717, 1.165) is 31.0 Å². The van der Waals surface area contributed by atoms with E-state index in [1.165, 1.54) is 12.1 Å². The second-order valence-corrected chi connectivity index (χ2v) is 5.17. The van der Waals surface area contributed by atoms with E-state index < -0.39 is 0 Å². The van der Waals surface area contributed by atoms with E-state index in [1.54, 1.807) is 18.3 Å². The Morgan fingerprint density at radius 3 is 2.77 bits per heavy atom. The minimum atomic E-state index is -0.244. The van der Waals surface area contributed by atoms with Crippen LogP contribution in [0, 0.1) is 5.82 Å². The molecule has 1 aromatic carbocycles. The lowest BCUT2D eigenvalue weighted by Crippen LogP contribution is -2.45. The average molecular weight is 327 g/mol. The van der Waals surface area contributed by atoms with Gasteiger partial charge in [-0.25, -0.2) is 9.07 Å². The number of nitrogens with two attached hydrogens (primary N) is 1. The van der Waals surface area contributed by atoms with Crippen LogP contribution in [0.25, 0.3) is 5.69 Å². The van der Waals surface area contributed by atoms with Crippen molar-refractivity contribution in [2.45, 2.75) is 12.6 Å². The molecular weight excluding hydrogens is 307 g/mol. The fourth-order valence-electron chi connectivity index (χ4n) is 2.56. The summed E-state index contributed by atoms with van der Waals surface area (Å²) in [6.07, 6.45) is 1.86. The van der Waals surface area contributed by atoms with Crippen LogP contribution in [-0.2, 0) is 11.3 Å². The molecule has 22 heavy (non-hydrogen) atoms. The highest BCUT2D eigenvalue weighted by molar-refractivity contribution is 5.85. The van der Waals surface area contributed by atoms with Crippen LogP contribution >= 0.6 is 12.4 Å². The van der Waals surface area contributed by atoms with Crippen molar-refractivity contribution in [3.8, 4) is 5.69 Å². The molecule has 3 rings (SSSR count). The molecule has 1 unspecified atom stereocenters. The molecule has 7 heteroatoms. The molecule has 0 amide bonds. The van der Waals surface area contributed by atoms with Gasteiger partial charge in [0.2, 0.25) is 0 Å². The highest BCUT2D eigenvalue weighted by Crippen LogP contribution is 2.15. The third-order valence-corrected chi connectivity index (χ3v) is 3.66. The van der Waals surface area contributed by atoms with Crippen LogP contribution in [0.2, 0.25) is 0 Å². The summed E-state index contributed by atoms with van der Waals surface area (Å²) in [6.45, 7) is 3.72. The maximum absolute atomic E-state index is 13.0. The number of halogens is 2. The molecule has 1 fully saturated rings. The minimum Gasteiger partial charge on any atom is -0.374 e. The lowest BCUT2D eigenvalue weighted by Gasteiger charge is -2.32. The van der Waals surface area contributed by atoms with E-state index in [1.807, 2.05) is 10.7 Å². The van der Waals surface area contributed by atoms with Gasteiger partial charge in [-0.3, -0.25) is 4.90 Å². The maximum atomic E-state index is 13.0. The van der Waals surface area contributed by atoms with Gasteiger partial charge in [-0.05, 0) is 30.3 Å². The number of aromatic nitrogens is 2. The molecule has 5 nitrogen and oxygen atoms in total. The third kappa shape index (κ3) is 3.84. The molecule has 1 aliphatic rings. The topological polar surface area (TPSA) is 56.3 Å². The zero-order valence-corrected chi connectivity index (χ0v) is 13.0. The predicted octanol–water partition coefficient (Wildman–Crippen LogP) is 1.59. The number of morpholine rings is 1. The van der Waals surface area contributed by atoms with E-state index in [-0.39, 0.29) is 24.3 Å². The highest BCUT2D eigenvalue weighted by atomic mass is 35.5. The Bertz CT molecular complexity index is 589. The summed E-state index contributed by atoms with van der Waals surface area (Å²) in [7, 11) is 0. The Kier molecular flexibility index (Phi) is 5.90. The second kappa shape index (κ2) is 7.69. The monoisotopic (exact) mass is 326 g/mol. The van der Waals surface area contributed by atoms with Crippen LogP contribution in [0.15, 0.2) is 36.5 Å². The molecule has 2 heterocycles. The largest absolute Gasteiger partial charge is 0.374 e. The fraction of sp³-hybridized carbons (Fsp3) is 0.400. The first-order valence-corrected chi connectivity index (χ1v) is 7.09. The molecule has 0 bridgehead atoms. The van der Waals surface area contributed by atoms with Crippen molar-refractivity contribution in [2.75, 3.05) is 26.2 Å². The Morgan fingerprint density at radius 2 is 2.05 bits per heavy atom.